The van der Waals surface area contributed by atoms with Crippen LogP contribution in [0.15, 0.2) is 23.0 Å². The van der Waals surface area contributed by atoms with Crippen molar-refractivity contribution in [3.63, 3.8) is 0 Å². The van der Waals surface area contributed by atoms with E-state index in [1.54, 1.807) is 22.2 Å². The number of hydrogen-bond acceptors (Lipinski definition) is 4. The summed E-state index contributed by atoms with van der Waals surface area (Å²) >= 11 is 1.67. The van der Waals surface area contributed by atoms with Gasteiger partial charge in [-0.2, -0.15) is 11.3 Å². The van der Waals surface area contributed by atoms with E-state index >= 15 is 0 Å². The molecule has 0 aliphatic rings. The third kappa shape index (κ3) is 1.45. The van der Waals surface area contributed by atoms with Gasteiger partial charge < -0.3 is 5.73 Å². The van der Waals surface area contributed by atoms with E-state index in [0.29, 0.717) is 5.82 Å². The summed E-state index contributed by atoms with van der Waals surface area (Å²) in [7, 11) is 0. The summed E-state index contributed by atoms with van der Waals surface area (Å²) in [5.74, 6) is 0.463. The van der Waals surface area contributed by atoms with Crippen LogP contribution < -0.4 is 5.73 Å². The van der Waals surface area contributed by atoms with Crippen LogP contribution in [0.2, 0.25) is 0 Å². The summed E-state index contributed by atoms with van der Waals surface area (Å²) in [4.78, 5) is 0. The number of thiophene rings is 1. The smallest absolute Gasteiger partial charge is 0.165 e. The Labute approximate surface area is 73.6 Å². The molecule has 0 unspecified atom stereocenters. The van der Waals surface area contributed by atoms with E-state index in [9.17, 15) is 0 Å². The minimum Gasteiger partial charge on any atom is -0.381 e. The molecule has 0 aliphatic carbocycles. The Kier molecular flexibility index (Phi) is 1.79. The van der Waals surface area contributed by atoms with Crippen LogP contribution in [-0.2, 0) is 6.54 Å². The lowest BCUT2D eigenvalue weighted by atomic mass is 10.3. The summed E-state index contributed by atoms with van der Waals surface area (Å²) < 4.78 is 1.72. The summed E-state index contributed by atoms with van der Waals surface area (Å²) in [6, 6.07) is 2.06. The highest BCUT2D eigenvalue weighted by Gasteiger charge is 1.97. The van der Waals surface area contributed by atoms with Gasteiger partial charge in [0, 0.05) is 0 Å². The first-order valence-corrected chi connectivity index (χ1v) is 4.45. The first-order chi connectivity index (χ1) is 5.84. The molecule has 0 saturated carbocycles. The molecule has 0 aromatic carbocycles. The van der Waals surface area contributed by atoms with Gasteiger partial charge in [0.15, 0.2) is 5.82 Å². The number of nitrogen functional groups attached to an aromatic ring is 1. The maximum atomic E-state index is 5.42. The SMILES string of the molecule is Nc1cn(Cc2ccsc2)nn1. The molecule has 0 amide bonds. The highest BCUT2D eigenvalue weighted by atomic mass is 32.1. The molecule has 2 N–H and O–H groups in total. The number of anilines is 1. The van der Waals surface area contributed by atoms with Gasteiger partial charge in [0.05, 0.1) is 12.7 Å². The number of nitrogens with two attached hydrogens (primary N) is 1. The second kappa shape index (κ2) is 2.94. The summed E-state index contributed by atoms with van der Waals surface area (Å²) in [6.45, 7) is 0.744. The first-order valence-electron chi connectivity index (χ1n) is 3.51. The lowest BCUT2D eigenvalue weighted by Gasteiger charge is -1.94. The minimum absolute atomic E-state index is 0.463. The molecule has 2 rings (SSSR count). The Morgan fingerprint density at radius 1 is 1.58 bits per heavy atom. The second-order valence-corrected chi connectivity index (χ2v) is 3.25. The molecule has 4 nitrogen and oxygen atoms in total. The Morgan fingerprint density at radius 3 is 3.08 bits per heavy atom. The van der Waals surface area contributed by atoms with E-state index < -0.39 is 0 Å². The normalized spacial score (nSPS) is 10.3. The Balaban J connectivity index is 2.14. The van der Waals surface area contributed by atoms with Crippen molar-refractivity contribution in [3.05, 3.63) is 28.6 Å². The first kappa shape index (κ1) is 7.30. The van der Waals surface area contributed by atoms with Crippen molar-refractivity contribution in [1.29, 1.82) is 0 Å². The van der Waals surface area contributed by atoms with Gasteiger partial charge in [0.2, 0.25) is 0 Å². The predicted octanol–water partition coefficient (Wildman–Crippen LogP) is 0.970. The number of rotatable bonds is 2. The monoisotopic (exact) mass is 180 g/mol. The molecule has 0 bridgehead atoms. The molecule has 2 heterocycles. The molecule has 62 valence electrons. The maximum Gasteiger partial charge on any atom is 0.165 e. The molecule has 0 saturated heterocycles. The molecule has 0 aliphatic heterocycles. The molecule has 0 spiro atoms. The molecular formula is C7H8N4S. The van der Waals surface area contributed by atoms with Crippen LogP contribution in [0.3, 0.4) is 0 Å². The number of aromatic nitrogens is 3. The van der Waals surface area contributed by atoms with Crippen molar-refractivity contribution in [1.82, 2.24) is 15.0 Å². The van der Waals surface area contributed by atoms with Crippen molar-refractivity contribution in [2.75, 3.05) is 5.73 Å². The van der Waals surface area contributed by atoms with Crippen molar-refractivity contribution in [3.8, 4) is 0 Å². The molecule has 12 heavy (non-hydrogen) atoms. The average Bonchev–Trinajstić information content (AvgIpc) is 2.63. The van der Waals surface area contributed by atoms with Gasteiger partial charge in [-0.25, -0.2) is 4.68 Å². The molecule has 2 aromatic rings. The summed E-state index contributed by atoms with van der Waals surface area (Å²) in [5, 5.41) is 11.6. The largest absolute Gasteiger partial charge is 0.381 e. The lowest BCUT2D eigenvalue weighted by Crippen LogP contribution is -1.98. The Bertz CT molecular complexity index is 351. The number of nitrogens with zero attached hydrogens (tertiary/aromatic N) is 3. The van der Waals surface area contributed by atoms with Gasteiger partial charge in [0.25, 0.3) is 0 Å². The van der Waals surface area contributed by atoms with Gasteiger partial charge >= 0.3 is 0 Å². The van der Waals surface area contributed by atoms with Crippen molar-refractivity contribution < 1.29 is 0 Å². The van der Waals surface area contributed by atoms with Gasteiger partial charge in [0.1, 0.15) is 0 Å². The van der Waals surface area contributed by atoms with Crippen molar-refractivity contribution in [2.24, 2.45) is 0 Å². The quantitative estimate of drug-likeness (QED) is 0.749. The van der Waals surface area contributed by atoms with Crippen molar-refractivity contribution >= 4 is 17.2 Å². The van der Waals surface area contributed by atoms with Crippen LogP contribution in [0.4, 0.5) is 5.82 Å². The summed E-state index contributed by atoms with van der Waals surface area (Å²) in [5.41, 5.74) is 6.64. The van der Waals surface area contributed by atoms with E-state index in [1.807, 2.05) is 5.38 Å². The molecular weight excluding hydrogens is 172 g/mol. The van der Waals surface area contributed by atoms with E-state index in [2.05, 4.69) is 21.8 Å². The van der Waals surface area contributed by atoms with Crippen LogP contribution in [0.25, 0.3) is 0 Å². The minimum atomic E-state index is 0.463. The van der Waals surface area contributed by atoms with Gasteiger partial charge in [-0.15, -0.1) is 5.10 Å². The standard InChI is InChI=1S/C7H8N4S/c8-7-4-11(10-9-7)3-6-1-2-12-5-6/h1-2,4-5H,3,8H2. The van der Waals surface area contributed by atoms with Crippen LogP contribution >= 0.6 is 11.3 Å². The zero-order valence-corrected chi connectivity index (χ0v) is 7.16. The van der Waals surface area contributed by atoms with E-state index in [-0.39, 0.29) is 0 Å². The van der Waals surface area contributed by atoms with E-state index in [1.165, 1.54) is 5.56 Å². The lowest BCUT2D eigenvalue weighted by molar-refractivity contribution is 0.651. The zero-order valence-electron chi connectivity index (χ0n) is 6.34. The fraction of sp³-hybridized carbons (Fsp3) is 0.143. The van der Waals surface area contributed by atoms with E-state index in [0.717, 1.165) is 6.54 Å². The predicted molar refractivity (Wildman–Crippen MR) is 47.9 cm³/mol. The van der Waals surface area contributed by atoms with Gasteiger partial charge in [-0.05, 0) is 22.4 Å². The molecule has 0 radical (unpaired) electrons. The highest BCUT2D eigenvalue weighted by Crippen LogP contribution is 2.07. The van der Waals surface area contributed by atoms with Crippen LogP contribution in [-0.4, -0.2) is 15.0 Å². The zero-order chi connectivity index (χ0) is 8.39. The summed E-state index contributed by atoms with van der Waals surface area (Å²) in [6.07, 6.45) is 1.72. The molecule has 0 atom stereocenters. The second-order valence-electron chi connectivity index (χ2n) is 2.47. The van der Waals surface area contributed by atoms with Crippen molar-refractivity contribution in [2.45, 2.75) is 6.54 Å². The average molecular weight is 180 g/mol. The van der Waals surface area contributed by atoms with Gasteiger partial charge in [-0.1, -0.05) is 5.21 Å². The molecule has 0 fully saturated rings. The van der Waals surface area contributed by atoms with Gasteiger partial charge in [-0.3, -0.25) is 0 Å². The fourth-order valence-corrected chi connectivity index (χ4v) is 1.62. The van der Waals surface area contributed by atoms with Crippen LogP contribution in [0.5, 0.6) is 0 Å². The molecule has 5 heteroatoms. The topological polar surface area (TPSA) is 56.7 Å². The maximum absolute atomic E-state index is 5.42. The third-order valence-corrected chi connectivity index (χ3v) is 2.21. The third-order valence-electron chi connectivity index (χ3n) is 1.48. The van der Waals surface area contributed by atoms with Crippen LogP contribution in [0, 0.1) is 0 Å². The van der Waals surface area contributed by atoms with E-state index in [4.69, 9.17) is 5.73 Å². The fourth-order valence-electron chi connectivity index (χ4n) is 0.960. The number of hydrogen-bond donors (Lipinski definition) is 1. The Morgan fingerprint density at radius 2 is 2.50 bits per heavy atom. The highest BCUT2D eigenvalue weighted by molar-refractivity contribution is 7.07. The van der Waals surface area contributed by atoms with Crippen LogP contribution in [0.1, 0.15) is 5.56 Å². The Hall–Kier alpha value is -1.36. The molecule has 2 aromatic heterocycles.